The van der Waals surface area contributed by atoms with Gasteiger partial charge in [0.25, 0.3) is 0 Å². The van der Waals surface area contributed by atoms with Gasteiger partial charge < -0.3 is 9.84 Å². The number of hydrogen-bond acceptors (Lipinski definition) is 3. The molecule has 0 aromatic heterocycles. The second-order valence-corrected chi connectivity index (χ2v) is 8.67. The highest BCUT2D eigenvalue weighted by Gasteiger charge is 2.56. The quantitative estimate of drug-likeness (QED) is 0.790. The van der Waals surface area contributed by atoms with E-state index in [2.05, 4.69) is 19.9 Å². The molecule has 25 heavy (non-hydrogen) atoms. The van der Waals surface area contributed by atoms with Gasteiger partial charge in [-0.25, -0.2) is 0 Å². The fourth-order valence-corrected chi connectivity index (χ4v) is 6.28. The zero-order chi connectivity index (χ0) is 17.8. The number of esters is 1. The molecule has 0 amide bonds. The van der Waals surface area contributed by atoms with Gasteiger partial charge in [0.2, 0.25) is 0 Å². The van der Waals surface area contributed by atoms with E-state index in [1.54, 1.807) is 0 Å². The first-order valence-electron chi connectivity index (χ1n) is 9.96. The van der Waals surface area contributed by atoms with Crippen molar-refractivity contribution in [1.29, 1.82) is 0 Å². The van der Waals surface area contributed by atoms with E-state index < -0.39 is 0 Å². The zero-order valence-electron chi connectivity index (χ0n) is 15.7. The van der Waals surface area contributed by atoms with Crippen LogP contribution in [0.4, 0.5) is 0 Å². The molecule has 0 unspecified atom stereocenters. The maximum Gasteiger partial charge on any atom is 0.302 e. The summed E-state index contributed by atoms with van der Waals surface area (Å²) in [4.78, 5) is 11.5. The summed E-state index contributed by atoms with van der Waals surface area (Å²) < 4.78 is 5.71. The van der Waals surface area contributed by atoms with Crippen molar-refractivity contribution in [2.45, 2.75) is 77.7 Å². The standard InChI is InChI=1S/C22H30O3/c1-4-14-11-18-15(12-20(14)24)5-6-17-16(18)9-10-22(3)19(17)7-8-21(22)25-13(2)23/h11-12,16-17,19,21,24H,4-10H2,1-3H3/t16-,17+,19-,21-,22-/m0/s1. The van der Waals surface area contributed by atoms with E-state index in [9.17, 15) is 9.90 Å². The Bertz CT molecular complexity index is 695. The van der Waals surface area contributed by atoms with Gasteiger partial charge in [-0.3, -0.25) is 4.79 Å². The topological polar surface area (TPSA) is 46.5 Å². The number of fused-ring (bicyclic) bond motifs is 5. The Morgan fingerprint density at radius 3 is 2.80 bits per heavy atom. The molecule has 3 heteroatoms. The molecule has 2 fully saturated rings. The highest BCUT2D eigenvalue weighted by molar-refractivity contribution is 5.66. The van der Waals surface area contributed by atoms with Crippen LogP contribution < -0.4 is 0 Å². The number of rotatable bonds is 2. The Morgan fingerprint density at radius 1 is 1.28 bits per heavy atom. The molecule has 0 saturated heterocycles. The summed E-state index contributed by atoms with van der Waals surface area (Å²) in [7, 11) is 0. The first-order valence-corrected chi connectivity index (χ1v) is 9.96. The largest absolute Gasteiger partial charge is 0.508 e. The van der Waals surface area contributed by atoms with Crippen molar-refractivity contribution in [3.63, 3.8) is 0 Å². The molecule has 3 aliphatic carbocycles. The van der Waals surface area contributed by atoms with Gasteiger partial charge in [-0.05, 0) is 85.5 Å². The third-order valence-corrected chi connectivity index (χ3v) is 7.53. The molecule has 0 radical (unpaired) electrons. The molecule has 5 atom stereocenters. The molecular weight excluding hydrogens is 312 g/mol. The van der Waals surface area contributed by atoms with E-state index in [-0.39, 0.29) is 17.5 Å². The summed E-state index contributed by atoms with van der Waals surface area (Å²) in [5.74, 6) is 2.30. The summed E-state index contributed by atoms with van der Waals surface area (Å²) >= 11 is 0. The van der Waals surface area contributed by atoms with E-state index in [1.807, 2.05) is 6.07 Å². The lowest BCUT2D eigenvalue weighted by Gasteiger charge is -2.50. The third kappa shape index (κ3) is 2.58. The van der Waals surface area contributed by atoms with Crippen molar-refractivity contribution in [3.8, 4) is 5.75 Å². The average molecular weight is 342 g/mol. The lowest BCUT2D eigenvalue weighted by Crippen LogP contribution is -2.45. The molecule has 0 bridgehead atoms. The summed E-state index contributed by atoms with van der Waals surface area (Å²) in [6.45, 7) is 6.01. The highest BCUT2D eigenvalue weighted by Crippen LogP contribution is 2.61. The molecule has 0 spiro atoms. The predicted octanol–water partition coefficient (Wildman–Crippen LogP) is 4.74. The van der Waals surface area contributed by atoms with Gasteiger partial charge in [0.05, 0.1) is 0 Å². The number of aromatic hydroxyl groups is 1. The fraction of sp³-hybridized carbons (Fsp3) is 0.682. The minimum Gasteiger partial charge on any atom is -0.508 e. The van der Waals surface area contributed by atoms with E-state index in [0.717, 1.165) is 31.2 Å². The fourth-order valence-electron chi connectivity index (χ4n) is 6.28. The number of phenols is 1. The molecule has 0 aliphatic heterocycles. The zero-order valence-corrected chi connectivity index (χ0v) is 15.7. The van der Waals surface area contributed by atoms with Crippen molar-refractivity contribution in [2.75, 3.05) is 0 Å². The molecular formula is C22H30O3. The predicted molar refractivity (Wildman–Crippen MR) is 97.7 cm³/mol. The lowest BCUT2D eigenvalue weighted by molar-refractivity contribution is -0.154. The molecule has 136 valence electrons. The van der Waals surface area contributed by atoms with E-state index >= 15 is 0 Å². The Kier molecular flexibility index (Phi) is 4.09. The monoisotopic (exact) mass is 342 g/mol. The Labute approximate surface area is 150 Å². The Balaban J connectivity index is 1.65. The summed E-state index contributed by atoms with van der Waals surface area (Å²) in [5, 5.41) is 10.2. The molecule has 2 saturated carbocycles. The molecule has 1 aromatic rings. The van der Waals surface area contributed by atoms with E-state index in [0.29, 0.717) is 23.5 Å². The SMILES string of the molecule is CCc1cc2c(cc1O)CC[C@@H]1[C@@H]2CC[C@]2(C)[C@@H](OC(C)=O)CC[C@@H]12. The van der Waals surface area contributed by atoms with Crippen LogP contribution in [0.25, 0.3) is 0 Å². The first kappa shape index (κ1) is 16.9. The molecule has 1 aromatic carbocycles. The Hall–Kier alpha value is -1.51. The summed E-state index contributed by atoms with van der Waals surface area (Å²) in [6.07, 6.45) is 7.77. The number of ether oxygens (including phenoxy) is 1. The minimum absolute atomic E-state index is 0.100. The third-order valence-electron chi connectivity index (χ3n) is 7.53. The van der Waals surface area contributed by atoms with Gasteiger partial charge in [-0.15, -0.1) is 0 Å². The number of phenolic OH excluding ortho intramolecular Hbond substituents is 1. The molecule has 0 heterocycles. The first-order chi connectivity index (χ1) is 11.9. The van der Waals surface area contributed by atoms with Crippen LogP contribution in [-0.2, 0) is 22.4 Å². The number of carbonyl (C=O) groups is 1. The van der Waals surface area contributed by atoms with Crippen LogP contribution in [0.2, 0.25) is 0 Å². The summed E-state index contributed by atoms with van der Waals surface area (Å²) in [5.41, 5.74) is 4.07. The van der Waals surface area contributed by atoms with E-state index in [1.165, 1.54) is 37.3 Å². The van der Waals surface area contributed by atoms with Crippen molar-refractivity contribution in [1.82, 2.24) is 0 Å². The summed E-state index contributed by atoms with van der Waals surface area (Å²) in [6, 6.07) is 4.30. The number of carbonyl (C=O) groups excluding carboxylic acids is 1. The molecule has 3 aliphatic rings. The minimum atomic E-state index is -0.133. The lowest BCUT2D eigenvalue weighted by atomic mass is 9.55. The van der Waals surface area contributed by atoms with Crippen LogP contribution in [-0.4, -0.2) is 17.2 Å². The number of hydrogen-bond donors (Lipinski definition) is 1. The maximum absolute atomic E-state index is 11.5. The number of aryl methyl sites for hydroxylation is 2. The van der Waals surface area contributed by atoms with Crippen molar-refractivity contribution < 1.29 is 14.6 Å². The van der Waals surface area contributed by atoms with Crippen LogP contribution in [0.5, 0.6) is 5.75 Å². The molecule has 3 nitrogen and oxygen atoms in total. The molecule has 1 N–H and O–H groups in total. The van der Waals surface area contributed by atoms with Crippen molar-refractivity contribution in [2.24, 2.45) is 17.3 Å². The van der Waals surface area contributed by atoms with E-state index in [4.69, 9.17) is 4.74 Å². The normalized spacial score (nSPS) is 36.3. The number of benzene rings is 1. The second kappa shape index (κ2) is 6.03. The highest BCUT2D eigenvalue weighted by atomic mass is 16.5. The van der Waals surface area contributed by atoms with Crippen molar-refractivity contribution in [3.05, 3.63) is 28.8 Å². The maximum atomic E-state index is 11.5. The van der Waals surface area contributed by atoms with Gasteiger partial charge in [0.15, 0.2) is 0 Å². The van der Waals surface area contributed by atoms with Crippen LogP contribution in [0.15, 0.2) is 12.1 Å². The van der Waals surface area contributed by atoms with Gasteiger partial charge in [-0.1, -0.05) is 19.9 Å². The van der Waals surface area contributed by atoms with Crippen LogP contribution in [0.3, 0.4) is 0 Å². The smallest absolute Gasteiger partial charge is 0.302 e. The Morgan fingerprint density at radius 2 is 2.08 bits per heavy atom. The van der Waals surface area contributed by atoms with Crippen LogP contribution >= 0.6 is 0 Å². The average Bonchev–Trinajstić information content (AvgIpc) is 2.90. The van der Waals surface area contributed by atoms with Crippen LogP contribution in [0, 0.1) is 17.3 Å². The molecule has 4 rings (SSSR count). The van der Waals surface area contributed by atoms with Crippen molar-refractivity contribution >= 4 is 5.97 Å². The van der Waals surface area contributed by atoms with Gasteiger partial charge in [0, 0.05) is 12.3 Å². The van der Waals surface area contributed by atoms with Gasteiger partial charge in [0.1, 0.15) is 11.9 Å². The van der Waals surface area contributed by atoms with Crippen LogP contribution in [0.1, 0.15) is 75.5 Å². The second-order valence-electron chi connectivity index (χ2n) is 8.67. The van der Waals surface area contributed by atoms with Gasteiger partial charge >= 0.3 is 5.97 Å². The van der Waals surface area contributed by atoms with Gasteiger partial charge in [-0.2, -0.15) is 0 Å².